The van der Waals surface area contributed by atoms with E-state index in [1.807, 2.05) is 24.8 Å². The molecule has 0 unspecified atom stereocenters. The monoisotopic (exact) mass is 247 g/mol. The summed E-state index contributed by atoms with van der Waals surface area (Å²) < 4.78 is 0. The van der Waals surface area contributed by atoms with Gasteiger partial charge in [0.25, 0.3) is 0 Å². The fraction of sp³-hybridized carbons (Fsp3) is 0.562. The summed E-state index contributed by atoms with van der Waals surface area (Å²) in [5.41, 5.74) is 2.50. The van der Waals surface area contributed by atoms with E-state index in [9.17, 15) is 4.79 Å². The fourth-order valence-electron chi connectivity index (χ4n) is 2.22. The summed E-state index contributed by atoms with van der Waals surface area (Å²) in [5, 5.41) is 0. The summed E-state index contributed by atoms with van der Waals surface area (Å²) in [6.07, 6.45) is 1.58. The van der Waals surface area contributed by atoms with E-state index in [1.165, 1.54) is 11.1 Å². The Kier molecular flexibility index (Phi) is 5.90. The minimum Gasteiger partial charge on any atom is -0.343 e. The molecular weight excluding hydrogens is 222 g/mol. The van der Waals surface area contributed by atoms with Gasteiger partial charge < -0.3 is 4.90 Å². The number of nitrogens with zero attached hydrogens (tertiary/aromatic N) is 1. The highest BCUT2D eigenvalue weighted by molar-refractivity contribution is 5.79. The summed E-state index contributed by atoms with van der Waals surface area (Å²) in [6.45, 7) is 10.1. The third-order valence-electron chi connectivity index (χ3n) is 3.20. The van der Waals surface area contributed by atoms with Crippen LogP contribution in [0.5, 0.6) is 0 Å². The third-order valence-corrected chi connectivity index (χ3v) is 3.20. The second kappa shape index (κ2) is 7.20. The molecule has 0 aliphatic carbocycles. The number of rotatable bonds is 6. The maximum atomic E-state index is 12.1. The quantitative estimate of drug-likeness (QED) is 0.755. The van der Waals surface area contributed by atoms with Crippen molar-refractivity contribution in [1.29, 1.82) is 0 Å². The molecule has 0 heterocycles. The van der Waals surface area contributed by atoms with Crippen LogP contribution < -0.4 is 0 Å². The van der Waals surface area contributed by atoms with Crippen molar-refractivity contribution in [3.8, 4) is 0 Å². The molecule has 1 aromatic carbocycles. The molecule has 1 rings (SSSR count). The molecule has 0 atom stereocenters. The van der Waals surface area contributed by atoms with Crippen LogP contribution in [0.25, 0.3) is 0 Å². The first-order valence-electron chi connectivity index (χ1n) is 6.93. The molecule has 0 aliphatic rings. The third kappa shape index (κ3) is 4.17. The molecule has 100 valence electrons. The Hall–Kier alpha value is -1.31. The van der Waals surface area contributed by atoms with Crippen LogP contribution in [0, 0.1) is 5.92 Å². The zero-order valence-corrected chi connectivity index (χ0v) is 12.1. The Labute approximate surface area is 111 Å². The average molecular weight is 247 g/mol. The van der Waals surface area contributed by atoms with Crippen LogP contribution in [0.4, 0.5) is 0 Å². The van der Waals surface area contributed by atoms with E-state index < -0.39 is 0 Å². The minimum atomic E-state index is 0.233. The van der Waals surface area contributed by atoms with Gasteiger partial charge >= 0.3 is 0 Å². The van der Waals surface area contributed by atoms with Gasteiger partial charge in [0, 0.05) is 13.1 Å². The normalized spacial score (nSPS) is 10.7. The molecule has 18 heavy (non-hydrogen) atoms. The van der Waals surface area contributed by atoms with E-state index in [1.54, 1.807) is 0 Å². The molecule has 0 N–H and O–H groups in total. The van der Waals surface area contributed by atoms with Crippen molar-refractivity contribution >= 4 is 5.91 Å². The predicted molar refractivity (Wildman–Crippen MR) is 76.6 cm³/mol. The van der Waals surface area contributed by atoms with E-state index in [-0.39, 0.29) is 5.91 Å². The molecule has 0 saturated heterocycles. The van der Waals surface area contributed by atoms with Crippen LogP contribution in [0.15, 0.2) is 24.3 Å². The van der Waals surface area contributed by atoms with Gasteiger partial charge in [-0.3, -0.25) is 4.79 Å². The highest BCUT2D eigenvalue weighted by atomic mass is 16.2. The zero-order chi connectivity index (χ0) is 13.5. The second-order valence-electron chi connectivity index (χ2n) is 5.11. The van der Waals surface area contributed by atoms with Crippen molar-refractivity contribution in [3.63, 3.8) is 0 Å². The maximum absolute atomic E-state index is 12.1. The Morgan fingerprint density at radius 1 is 1.11 bits per heavy atom. The van der Waals surface area contributed by atoms with Crippen molar-refractivity contribution in [2.75, 3.05) is 13.1 Å². The Balaban J connectivity index is 2.80. The average Bonchev–Trinajstić information content (AvgIpc) is 2.32. The van der Waals surface area contributed by atoms with Crippen LogP contribution >= 0.6 is 0 Å². The lowest BCUT2D eigenvalue weighted by Gasteiger charge is -2.19. The van der Waals surface area contributed by atoms with Crippen LogP contribution in [0.2, 0.25) is 0 Å². The molecule has 2 nitrogen and oxygen atoms in total. The van der Waals surface area contributed by atoms with Gasteiger partial charge in [0.15, 0.2) is 0 Å². The van der Waals surface area contributed by atoms with Gasteiger partial charge in [-0.05, 0) is 37.3 Å². The summed E-state index contributed by atoms with van der Waals surface area (Å²) >= 11 is 0. The molecular formula is C16H25NO. The van der Waals surface area contributed by atoms with E-state index in [0.29, 0.717) is 12.3 Å². The number of carbonyl (C=O) groups is 1. The van der Waals surface area contributed by atoms with E-state index in [4.69, 9.17) is 0 Å². The lowest BCUT2D eigenvalue weighted by atomic mass is 9.96. The van der Waals surface area contributed by atoms with Crippen LogP contribution in [0.1, 0.15) is 38.8 Å². The van der Waals surface area contributed by atoms with Crippen molar-refractivity contribution in [2.24, 2.45) is 5.92 Å². The second-order valence-corrected chi connectivity index (χ2v) is 5.11. The Morgan fingerprint density at radius 3 is 2.17 bits per heavy atom. The summed E-state index contributed by atoms with van der Waals surface area (Å²) in [5.74, 6) is 0.853. The number of amides is 1. The van der Waals surface area contributed by atoms with Crippen LogP contribution in [-0.4, -0.2) is 23.9 Å². The lowest BCUT2D eigenvalue weighted by molar-refractivity contribution is -0.130. The topological polar surface area (TPSA) is 20.3 Å². The highest BCUT2D eigenvalue weighted by Crippen LogP contribution is 2.15. The van der Waals surface area contributed by atoms with E-state index in [2.05, 4.69) is 32.0 Å². The predicted octanol–water partition coefficient (Wildman–Crippen LogP) is 3.30. The molecule has 0 bridgehead atoms. The van der Waals surface area contributed by atoms with Crippen molar-refractivity contribution in [3.05, 3.63) is 35.4 Å². The summed E-state index contributed by atoms with van der Waals surface area (Å²) in [7, 11) is 0. The zero-order valence-electron chi connectivity index (χ0n) is 12.1. The molecule has 0 aromatic heterocycles. The summed E-state index contributed by atoms with van der Waals surface area (Å²) in [4.78, 5) is 14.0. The molecule has 0 fully saturated rings. The SMILES string of the molecule is CCN(CC)C(=O)Cc1ccccc1CC(C)C. The number of benzene rings is 1. The molecule has 1 aromatic rings. The Morgan fingerprint density at radius 2 is 1.67 bits per heavy atom. The van der Waals surface area contributed by atoms with Gasteiger partial charge in [0.1, 0.15) is 0 Å². The molecule has 0 saturated carbocycles. The van der Waals surface area contributed by atoms with Crippen molar-refractivity contribution < 1.29 is 4.79 Å². The van der Waals surface area contributed by atoms with Gasteiger partial charge in [-0.1, -0.05) is 38.1 Å². The molecule has 0 radical (unpaired) electrons. The molecule has 0 spiro atoms. The number of carbonyl (C=O) groups excluding carboxylic acids is 1. The van der Waals surface area contributed by atoms with Gasteiger partial charge in [0.2, 0.25) is 5.91 Å². The smallest absolute Gasteiger partial charge is 0.226 e. The van der Waals surface area contributed by atoms with Crippen molar-refractivity contribution in [2.45, 2.75) is 40.5 Å². The first-order valence-corrected chi connectivity index (χ1v) is 6.93. The van der Waals surface area contributed by atoms with Gasteiger partial charge in [-0.2, -0.15) is 0 Å². The van der Waals surface area contributed by atoms with Crippen LogP contribution in [0.3, 0.4) is 0 Å². The van der Waals surface area contributed by atoms with Crippen molar-refractivity contribution in [1.82, 2.24) is 4.90 Å². The Bertz CT molecular complexity index is 380. The lowest BCUT2D eigenvalue weighted by Crippen LogP contribution is -2.32. The summed E-state index contributed by atoms with van der Waals surface area (Å²) in [6, 6.07) is 8.31. The molecule has 0 aliphatic heterocycles. The molecule has 2 heteroatoms. The van der Waals surface area contributed by atoms with Crippen LogP contribution in [-0.2, 0) is 17.6 Å². The first-order chi connectivity index (χ1) is 8.58. The number of likely N-dealkylation sites (N-methyl/N-ethyl adjacent to an activating group) is 1. The highest BCUT2D eigenvalue weighted by Gasteiger charge is 2.13. The van der Waals surface area contributed by atoms with Gasteiger partial charge in [-0.15, -0.1) is 0 Å². The fourth-order valence-corrected chi connectivity index (χ4v) is 2.22. The standard InChI is InChI=1S/C16H25NO/c1-5-17(6-2)16(18)12-15-10-8-7-9-14(15)11-13(3)4/h7-10,13H,5-6,11-12H2,1-4H3. The van der Waals surface area contributed by atoms with Gasteiger partial charge in [0.05, 0.1) is 6.42 Å². The van der Waals surface area contributed by atoms with E-state index >= 15 is 0 Å². The largest absolute Gasteiger partial charge is 0.343 e. The number of hydrogen-bond acceptors (Lipinski definition) is 1. The number of hydrogen-bond donors (Lipinski definition) is 0. The van der Waals surface area contributed by atoms with E-state index in [0.717, 1.165) is 19.5 Å². The first kappa shape index (κ1) is 14.7. The maximum Gasteiger partial charge on any atom is 0.226 e. The molecule has 1 amide bonds. The minimum absolute atomic E-state index is 0.233. The van der Waals surface area contributed by atoms with Gasteiger partial charge in [-0.25, -0.2) is 0 Å².